The molecule has 0 heterocycles. The highest BCUT2D eigenvalue weighted by Gasteiger charge is 1.98. The number of carbonyl (C=O) groups is 1. The molecule has 11 heavy (non-hydrogen) atoms. The van der Waals surface area contributed by atoms with Crippen LogP contribution in [-0.4, -0.2) is 24.2 Å². The van der Waals surface area contributed by atoms with Gasteiger partial charge in [-0.1, -0.05) is 6.92 Å². The zero-order chi connectivity index (χ0) is 8.69. The second-order valence-corrected chi connectivity index (χ2v) is 2.91. The van der Waals surface area contributed by atoms with E-state index in [4.69, 9.17) is 5.11 Å². The number of carbonyl (C=O) groups excluding carboxylic acids is 1. The lowest BCUT2D eigenvalue weighted by Crippen LogP contribution is -2.21. The van der Waals surface area contributed by atoms with Crippen molar-refractivity contribution in [2.45, 2.75) is 26.7 Å². The first kappa shape index (κ1) is 10.4. The minimum Gasteiger partial charge on any atom is -0.396 e. The van der Waals surface area contributed by atoms with E-state index in [1.807, 2.05) is 6.92 Å². The highest BCUT2D eigenvalue weighted by Crippen LogP contribution is 2.02. The summed E-state index contributed by atoms with van der Waals surface area (Å²) in [5, 5.41) is 11.4. The van der Waals surface area contributed by atoms with Crippen LogP contribution in [0, 0.1) is 5.92 Å². The zero-order valence-electron chi connectivity index (χ0n) is 7.26. The maximum absolute atomic E-state index is 10.4. The standard InChI is InChI=1S/C8H17NO2/c1-7(6-10)4-3-5-9-8(2)11/h7,10H,3-6H2,1-2H3,(H,9,11)/t7-/m0/s1. The third-order valence-electron chi connectivity index (χ3n) is 1.56. The fraction of sp³-hybridized carbons (Fsp3) is 0.875. The maximum Gasteiger partial charge on any atom is 0.216 e. The molecule has 0 aromatic heterocycles. The van der Waals surface area contributed by atoms with Gasteiger partial charge in [0.05, 0.1) is 0 Å². The van der Waals surface area contributed by atoms with Gasteiger partial charge in [-0.25, -0.2) is 0 Å². The summed E-state index contributed by atoms with van der Waals surface area (Å²) in [7, 11) is 0. The first-order chi connectivity index (χ1) is 5.16. The van der Waals surface area contributed by atoms with Crippen LogP contribution in [0.5, 0.6) is 0 Å². The van der Waals surface area contributed by atoms with Crippen LogP contribution in [0.1, 0.15) is 26.7 Å². The van der Waals surface area contributed by atoms with Crippen molar-refractivity contribution in [1.29, 1.82) is 0 Å². The summed E-state index contributed by atoms with van der Waals surface area (Å²) in [4.78, 5) is 10.4. The lowest BCUT2D eigenvalue weighted by atomic mass is 10.1. The van der Waals surface area contributed by atoms with Crippen molar-refractivity contribution in [1.82, 2.24) is 5.32 Å². The van der Waals surface area contributed by atoms with Gasteiger partial charge in [0, 0.05) is 20.1 Å². The Morgan fingerprint density at radius 2 is 2.27 bits per heavy atom. The quantitative estimate of drug-likeness (QED) is 0.575. The van der Waals surface area contributed by atoms with Crippen molar-refractivity contribution in [3.63, 3.8) is 0 Å². The summed E-state index contributed by atoms with van der Waals surface area (Å²) < 4.78 is 0. The molecule has 0 fully saturated rings. The predicted octanol–water partition coefficient (Wildman–Crippen LogP) is 0.531. The van der Waals surface area contributed by atoms with E-state index >= 15 is 0 Å². The Hall–Kier alpha value is -0.570. The molecule has 0 aromatic carbocycles. The summed E-state index contributed by atoms with van der Waals surface area (Å²) in [6, 6.07) is 0. The number of nitrogens with one attached hydrogen (secondary N) is 1. The molecule has 2 N–H and O–H groups in total. The van der Waals surface area contributed by atoms with E-state index in [9.17, 15) is 4.79 Å². The fourth-order valence-electron chi connectivity index (χ4n) is 0.806. The second-order valence-electron chi connectivity index (χ2n) is 2.91. The molecule has 0 rings (SSSR count). The van der Waals surface area contributed by atoms with Gasteiger partial charge >= 0.3 is 0 Å². The number of rotatable bonds is 5. The molecule has 0 saturated heterocycles. The van der Waals surface area contributed by atoms with Crippen LogP contribution < -0.4 is 5.32 Å². The van der Waals surface area contributed by atoms with Gasteiger partial charge in [-0.05, 0) is 18.8 Å². The predicted molar refractivity (Wildman–Crippen MR) is 44.2 cm³/mol. The molecule has 1 amide bonds. The molecule has 0 unspecified atom stereocenters. The summed E-state index contributed by atoms with van der Waals surface area (Å²) >= 11 is 0. The van der Waals surface area contributed by atoms with Gasteiger partial charge in [-0.2, -0.15) is 0 Å². The van der Waals surface area contributed by atoms with Crippen molar-refractivity contribution in [2.75, 3.05) is 13.2 Å². The average molecular weight is 159 g/mol. The Labute approximate surface area is 67.8 Å². The summed E-state index contributed by atoms with van der Waals surface area (Å²) in [5.74, 6) is 0.366. The van der Waals surface area contributed by atoms with Crippen LogP contribution in [0.25, 0.3) is 0 Å². The smallest absolute Gasteiger partial charge is 0.216 e. The van der Waals surface area contributed by atoms with Gasteiger partial charge in [0.2, 0.25) is 5.91 Å². The van der Waals surface area contributed by atoms with E-state index in [-0.39, 0.29) is 12.5 Å². The molecule has 0 aliphatic rings. The highest BCUT2D eigenvalue weighted by molar-refractivity contribution is 5.72. The molecular weight excluding hydrogens is 142 g/mol. The van der Waals surface area contributed by atoms with Gasteiger partial charge in [0.1, 0.15) is 0 Å². The first-order valence-corrected chi connectivity index (χ1v) is 4.02. The highest BCUT2D eigenvalue weighted by atomic mass is 16.3. The SMILES string of the molecule is CC(=O)NCCC[C@H](C)CO. The van der Waals surface area contributed by atoms with Gasteiger partial charge in [-0.15, -0.1) is 0 Å². The summed E-state index contributed by atoms with van der Waals surface area (Å²) in [6.45, 7) is 4.46. The molecule has 0 saturated carbocycles. The van der Waals surface area contributed by atoms with Crippen molar-refractivity contribution in [2.24, 2.45) is 5.92 Å². The van der Waals surface area contributed by atoms with Crippen LogP contribution in [0.3, 0.4) is 0 Å². The first-order valence-electron chi connectivity index (χ1n) is 4.02. The molecule has 0 spiro atoms. The van der Waals surface area contributed by atoms with E-state index in [1.54, 1.807) is 0 Å². The number of amides is 1. The van der Waals surface area contributed by atoms with Crippen molar-refractivity contribution in [3.05, 3.63) is 0 Å². The Kier molecular flexibility index (Phi) is 5.84. The van der Waals surface area contributed by atoms with Crippen LogP contribution in [0.4, 0.5) is 0 Å². The average Bonchev–Trinajstić information content (AvgIpc) is 1.97. The molecule has 0 bridgehead atoms. The Morgan fingerprint density at radius 1 is 1.64 bits per heavy atom. The largest absolute Gasteiger partial charge is 0.396 e. The lowest BCUT2D eigenvalue weighted by Gasteiger charge is -2.06. The Bertz CT molecular complexity index is 115. The van der Waals surface area contributed by atoms with E-state index in [0.717, 1.165) is 19.4 Å². The number of aliphatic hydroxyl groups excluding tert-OH is 1. The number of hydrogen-bond donors (Lipinski definition) is 2. The molecule has 0 aromatic rings. The van der Waals surface area contributed by atoms with E-state index < -0.39 is 0 Å². The summed E-state index contributed by atoms with van der Waals surface area (Å²) in [6.07, 6.45) is 1.91. The topological polar surface area (TPSA) is 49.3 Å². The van der Waals surface area contributed by atoms with E-state index in [0.29, 0.717) is 5.92 Å². The van der Waals surface area contributed by atoms with Gasteiger partial charge in [0.15, 0.2) is 0 Å². The third kappa shape index (κ3) is 7.33. The van der Waals surface area contributed by atoms with Gasteiger partial charge in [0.25, 0.3) is 0 Å². The van der Waals surface area contributed by atoms with Crippen molar-refractivity contribution < 1.29 is 9.90 Å². The molecule has 0 aliphatic carbocycles. The maximum atomic E-state index is 10.4. The molecule has 3 heteroatoms. The normalized spacial score (nSPS) is 12.6. The molecule has 1 atom stereocenters. The monoisotopic (exact) mass is 159 g/mol. The van der Waals surface area contributed by atoms with Crippen molar-refractivity contribution >= 4 is 5.91 Å². The summed E-state index contributed by atoms with van der Waals surface area (Å²) in [5.41, 5.74) is 0. The molecule has 66 valence electrons. The van der Waals surface area contributed by atoms with Crippen LogP contribution in [-0.2, 0) is 4.79 Å². The Morgan fingerprint density at radius 3 is 2.73 bits per heavy atom. The lowest BCUT2D eigenvalue weighted by molar-refractivity contribution is -0.118. The van der Waals surface area contributed by atoms with Crippen molar-refractivity contribution in [3.8, 4) is 0 Å². The molecular formula is C8H17NO2. The molecule has 0 radical (unpaired) electrons. The van der Waals surface area contributed by atoms with E-state index in [2.05, 4.69) is 5.32 Å². The Balaban J connectivity index is 3.08. The minimum atomic E-state index is 0.0154. The zero-order valence-corrected chi connectivity index (χ0v) is 7.26. The molecule has 0 aliphatic heterocycles. The van der Waals surface area contributed by atoms with Crippen LogP contribution in [0.15, 0.2) is 0 Å². The van der Waals surface area contributed by atoms with Crippen LogP contribution in [0.2, 0.25) is 0 Å². The number of aliphatic hydroxyl groups is 1. The van der Waals surface area contributed by atoms with E-state index in [1.165, 1.54) is 6.92 Å². The van der Waals surface area contributed by atoms with Crippen LogP contribution >= 0.6 is 0 Å². The molecule has 3 nitrogen and oxygen atoms in total. The third-order valence-corrected chi connectivity index (χ3v) is 1.56. The fourth-order valence-corrected chi connectivity index (χ4v) is 0.806. The van der Waals surface area contributed by atoms with Gasteiger partial charge in [-0.3, -0.25) is 4.79 Å². The number of hydrogen-bond acceptors (Lipinski definition) is 2. The minimum absolute atomic E-state index is 0.0154. The van der Waals surface area contributed by atoms with Gasteiger partial charge < -0.3 is 10.4 Å². The second kappa shape index (κ2) is 6.16.